The van der Waals surface area contributed by atoms with Gasteiger partial charge >= 0.3 is 0 Å². The topological polar surface area (TPSA) is 35.5 Å². The van der Waals surface area contributed by atoms with Crippen LogP contribution < -0.4 is 5.32 Å². The zero-order chi connectivity index (χ0) is 11.4. The summed E-state index contributed by atoms with van der Waals surface area (Å²) in [7, 11) is 2.13. The number of phenols is 1. The fraction of sp³-hybridized carbons (Fsp3) is 0.538. The molecule has 0 radical (unpaired) electrons. The summed E-state index contributed by atoms with van der Waals surface area (Å²) >= 11 is 0. The maximum atomic E-state index is 9.18. The third-order valence-corrected chi connectivity index (χ3v) is 2.89. The molecule has 1 aromatic rings. The Balaban J connectivity index is 1.68. The molecule has 3 heteroatoms. The molecule has 1 saturated carbocycles. The number of phenolic OH excluding ortho intramolecular Hbond substituents is 1. The molecular weight excluding hydrogens is 200 g/mol. The molecule has 0 amide bonds. The monoisotopic (exact) mass is 220 g/mol. The number of hydrogen-bond donors (Lipinski definition) is 2. The normalized spacial score (nSPS) is 15.6. The average molecular weight is 220 g/mol. The lowest BCUT2D eigenvalue weighted by Gasteiger charge is -2.16. The van der Waals surface area contributed by atoms with Crippen molar-refractivity contribution in [2.45, 2.75) is 25.4 Å². The molecule has 0 unspecified atom stereocenters. The first-order valence-electron chi connectivity index (χ1n) is 5.94. The molecule has 0 atom stereocenters. The molecule has 88 valence electrons. The summed E-state index contributed by atoms with van der Waals surface area (Å²) < 4.78 is 0. The van der Waals surface area contributed by atoms with Crippen LogP contribution in [0.5, 0.6) is 5.75 Å². The van der Waals surface area contributed by atoms with E-state index < -0.39 is 0 Å². The summed E-state index contributed by atoms with van der Waals surface area (Å²) in [4.78, 5) is 2.29. The van der Waals surface area contributed by atoms with E-state index in [1.54, 1.807) is 12.1 Å². The van der Waals surface area contributed by atoms with Crippen LogP contribution in [0.15, 0.2) is 24.3 Å². The fourth-order valence-electron chi connectivity index (χ4n) is 1.74. The number of aromatic hydroxyl groups is 1. The molecule has 0 aromatic heterocycles. The predicted octanol–water partition coefficient (Wildman–Crippen LogP) is 1.58. The molecule has 0 saturated heterocycles. The summed E-state index contributed by atoms with van der Waals surface area (Å²) in [6.45, 7) is 3.07. The first kappa shape index (κ1) is 11.4. The van der Waals surface area contributed by atoms with Gasteiger partial charge in [0, 0.05) is 25.7 Å². The van der Waals surface area contributed by atoms with Crippen LogP contribution in [0.25, 0.3) is 0 Å². The highest BCUT2D eigenvalue weighted by Crippen LogP contribution is 2.18. The summed E-state index contributed by atoms with van der Waals surface area (Å²) in [5.41, 5.74) is 1.24. The number of benzene rings is 1. The van der Waals surface area contributed by atoms with Crippen LogP contribution >= 0.6 is 0 Å². The van der Waals surface area contributed by atoms with Crippen LogP contribution in [0.3, 0.4) is 0 Å². The maximum Gasteiger partial charge on any atom is 0.115 e. The Morgan fingerprint density at radius 1 is 1.31 bits per heavy atom. The van der Waals surface area contributed by atoms with Gasteiger partial charge in [-0.2, -0.15) is 0 Å². The van der Waals surface area contributed by atoms with E-state index in [-0.39, 0.29) is 0 Å². The molecule has 1 fully saturated rings. The summed E-state index contributed by atoms with van der Waals surface area (Å²) in [5.74, 6) is 0.335. The highest BCUT2D eigenvalue weighted by atomic mass is 16.3. The molecule has 0 aliphatic heterocycles. The van der Waals surface area contributed by atoms with Crippen molar-refractivity contribution < 1.29 is 5.11 Å². The largest absolute Gasteiger partial charge is 0.508 e. The van der Waals surface area contributed by atoms with E-state index in [0.29, 0.717) is 5.75 Å². The first-order valence-corrected chi connectivity index (χ1v) is 5.94. The molecule has 1 aromatic carbocycles. The zero-order valence-corrected chi connectivity index (χ0v) is 9.82. The molecule has 1 aliphatic carbocycles. The minimum Gasteiger partial charge on any atom is -0.508 e. The summed E-state index contributed by atoms with van der Waals surface area (Å²) in [5, 5.41) is 12.7. The Labute approximate surface area is 97.1 Å². The van der Waals surface area contributed by atoms with Gasteiger partial charge in [0.1, 0.15) is 5.75 Å². The van der Waals surface area contributed by atoms with Crippen molar-refractivity contribution in [2.24, 2.45) is 0 Å². The number of hydrogen-bond acceptors (Lipinski definition) is 3. The lowest BCUT2D eigenvalue weighted by molar-refractivity contribution is 0.324. The van der Waals surface area contributed by atoms with E-state index >= 15 is 0 Å². The summed E-state index contributed by atoms with van der Waals surface area (Å²) in [6.07, 6.45) is 2.70. The number of rotatable bonds is 6. The number of nitrogens with zero attached hydrogens (tertiary/aromatic N) is 1. The molecule has 2 rings (SSSR count). The first-order chi connectivity index (χ1) is 7.74. The van der Waals surface area contributed by atoms with Gasteiger partial charge in [-0.05, 0) is 37.6 Å². The molecule has 16 heavy (non-hydrogen) atoms. The maximum absolute atomic E-state index is 9.18. The minimum absolute atomic E-state index is 0.335. The highest BCUT2D eigenvalue weighted by Gasteiger charge is 2.19. The van der Waals surface area contributed by atoms with Crippen molar-refractivity contribution in [3.05, 3.63) is 29.8 Å². The Hall–Kier alpha value is -1.06. The quantitative estimate of drug-likeness (QED) is 0.764. The molecule has 0 heterocycles. The standard InChI is InChI=1S/C13H20N2O/c1-15(9-8-14-12-4-5-12)10-11-2-6-13(16)7-3-11/h2-3,6-7,12,14,16H,4-5,8-10H2,1H3. The summed E-state index contributed by atoms with van der Waals surface area (Å²) in [6, 6.07) is 8.22. The van der Waals surface area contributed by atoms with Gasteiger partial charge in [0.05, 0.1) is 0 Å². The second kappa shape index (κ2) is 5.32. The van der Waals surface area contributed by atoms with E-state index in [9.17, 15) is 5.11 Å². The van der Waals surface area contributed by atoms with E-state index in [1.807, 2.05) is 12.1 Å². The minimum atomic E-state index is 0.335. The predicted molar refractivity (Wildman–Crippen MR) is 65.5 cm³/mol. The molecular formula is C13H20N2O. The second-order valence-electron chi connectivity index (χ2n) is 4.63. The van der Waals surface area contributed by atoms with Crippen LogP contribution in [0.4, 0.5) is 0 Å². The molecule has 2 N–H and O–H groups in total. The Kier molecular flexibility index (Phi) is 3.80. The van der Waals surface area contributed by atoms with Gasteiger partial charge in [-0.1, -0.05) is 12.1 Å². The van der Waals surface area contributed by atoms with Gasteiger partial charge < -0.3 is 15.3 Å². The van der Waals surface area contributed by atoms with Crippen LogP contribution in [0.1, 0.15) is 18.4 Å². The highest BCUT2D eigenvalue weighted by molar-refractivity contribution is 5.25. The Morgan fingerprint density at radius 2 is 2.00 bits per heavy atom. The fourth-order valence-corrected chi connectivity index (χ4v) is 1.74. The molecule has 3 nitrogen and oxygen atoms in total. The lowest BCUT2D eigenvalue weighted by atomic mass is 10.2. The number of likely N-dealkylation sites (N-methyl/N-ethyl adjacent to an activating group) is 1. The van der Waals surface area contributed by atoms with Crippen molar-refractivity contribution in [1.29, 1.82) is 0 Å². The Morgan fingerprint density at radius 3 is 2.62 bits per heavy atom. The third kappa shape index (κ3) is 3.83. The average Bonchev–Trinajstić information content (AvgIpc) is 3.05. The van der Waals surface area contributed by atoms with Gasteiger partial charge in [0.2, 0.25) is 0 Å². The third-order valence-electron chi connectivity index (χ3n) is 2.89. The second-order valence-corrected chi connectivity index (χ2v) is 4.63. The van der Waals surface area contributed by atoms with Crippen molar-refractivity contribution in [2.75, 3.05) is 20.1 Å². The van der Waals surface area contributed by atoms with Crippen molar-refractivity contribution in [3.63, 3.8) is 0 Å². The zero-order valence-electron chi connectivity index (χ0n) is 9.82. The van der Waals surface area contributed by atoms with E-state index in [2.05, 4.69) is 17.3 Å². The van der Waals surface area contributed by atoms with Gasteiger partial charge in [-0.25, -0.2) is 0 Å². The van der Waals surface area contributed by atoms with Crippen LogP contribution in [-0.4, -0.2) is 36.2 Å². The van der Waals surface area contributed by atoms with Crippen LogP contribution in [0.2, 0.25) is 0 Å². The van der Waals surface area contributed by atoms with Crippen LogP contribution in [0, 0.1) is 0 Å². The SMILES string of the molecule is CN(CCNC1CC1)Cc1ccc(O)cc1. The number of nitrogens with one attached hydrogen (secondary N) is 1. The molecule has 0 spiro atoms. The van der Waals surface area contributed by atoms with Crippen LogP contribution in [-0.2, 0) is 6.54 Å². The Bertz CT molecular complexity index is 319. The van der Waals surface area contributed by atoms with Gasteiger partial charge in [0.15, 0.2) is 0 Å². The van der Waals surface area contributed by atoms with E-state index in [4.69, 9.17) is 0 Å². The van der Waals surface area contributed by atoms with E-state index in [1.165, 1.54) is 18.4 Å². The van der Waals surface area contributed by atoms with Gasteiger partial charge in [0.25, 0.3) is 0 Å². The molecule has 1 aliphatic rings. The molecule has 0 bridgehead atoms. The smallest absolute Gasteiger partial charge is 0.115 e. The van der Waals surface area contributed by atoms with E-state index in [0.717, 1.165) is 25.7 Å². The van der Waals surface area contributed by atoms with Gasteiger partial charge in [-0.3, -0.25) is 0 Å². The van der Waals surface area contributed by atoms with Crippen molar-refractivity contribution in [1.82, 2.24) is 10.2 Å². The van der Waals surface area contributed by atoms with Gasteiger partial charge in [-0.15, -0.1) is 0 Å². The van der Waals surface area contributed by atoms with Crippen molar-refractivity contribution >= 4 is 0 Å². The lowest BCUT2D eigenvalue weighted by Crippen LogP contribution is -2.29. The van der Waals surface area contributed by atoms with Crippen molar-refractivity contribution in [3.8, 4) is 5.75 Å².